The van der Waals surface area contributed by atoms with Crippen molar-refractivity contribution in [2.75, 3.05) is 26.4 Å². The number of esters is 8. The van der Waals surface area contributed by atoms with Gasteiger partial charge in [0.05, 0.1) is 72.8 Å². The number of hydrogen-bond acceptors (Lipinski definition) is 16. The summed E-state index contributed by atoms with van der Waals surface area (Å²) in [6.07, 6.45) is 21.2. The van der Waals surface area contributed by atoms with E-state index in [-0.39, 0.29) is 111 Å². The number of carbonyl (C=O) groups excluding carboxylic acids is 8. The van der Waals surface area contributed by atoms with Crippen molar-refractivity contribution in [2.24, 2.45) is 174 Å². The topological polar surface area (TPSA) is 210 Å². The highest BCUT2D eigenvalue weighted by Crippen LogP contribution is 2.77. The van der Waals surface area contributed by atoms with E-state index in [4.69, 9.17) is 37.9 Å². The van der Waals surface area contributed by atoms with Crippen molar-refractivity contribution in [1.82, 2.24) is 0 Å². The van der Waals surface area contributed by atoms with Crippen LogP contribution in [0.15, 0.2) is 0 Å². The molecule has 0 N–H and O–H groups in total. The van der Waals surface area contributed by atoms with Gasteiger partial charge >= 0.3 is 47.8 Å². The summed E-state index contributed by atoms with van der Waals surface area (Å²) >= 11 is 0. The molecule has 18 rings (SSSR count). The first-order chi connectivity index (χ1) is 45.8. The summed E-state index contributed by atoms with van der Waals surface area (Å²) in [5, 5.41) is 0. The Labute approximate surface area is 577 Å². The molecule has 0 radical (unpaired) electrons. The molecule has 30 unspecified atom stereocenters. The minimum Gasteiger partial charge on any atom is -0.465 e. The van der Waals surface area contributed by atoms with E-state index in [2.05, 4.69) is 34.6 Å². The highest BCUT2D eigenvalue weighted by Gasteiger charge is 2.75. The maximum Gasteiger partial charge on any atom is 0.312 e. The maximum atomic E-state index is 12.7. The van der Waals surface area contributed by atoms with Gasteiger partial charge in [-0.25, -0.2) is 0 Å². The standard InChI is InChI=1S/C22H32O4.2C21H30O4.C17H26O4/c1-5-21(3,4)20(24)26-19-11(2)13-7-14(19)18-15-6-12(17(13)18)8-22(15)9-16(23)25-10-22;1-4-20(2,3)19(23)25-15-7-11-5-13(15)17-12-6-14(18(11)17)21(8-12)9-16(22)24-10-21;1-4-20(2,3)19(23)25-15-7-11-5-13(15)18-14-6-12(17(11)18)8-21(14)9-16(22)24-10-21;1-5-16(3,4)14(18)21-13-10(2)11-8-12(13)17(9-11)6-7-20-15(17)19/h11-15,17-19H,5-10H2,1-4H3;2*11-15,17-18H,4-10H2,1-3H3;10-13H,5-9H2,1-4H3. The fourth-order valence-electron chi connectivity index (χ4n) is 27.0. The number of hydrogen-bond donors (Lipinski definition) is 0. The first-order valence-corrected chi connectivity index (χ1v) is 39.3. The van der Waals surface area contributed by atoms with E-state index in [1.54, 1.807) is 0 Å². The van der Waals surface area contributed by atoms with E-state index in [1.165, 1.54) is 51.4 Å². The van der Waals surface area contributed by atoms with Gasteiger partial charge in [0.1, 0.15) is 24.4 Å². The average Bonchev–Trinajstić information content (AvgIpc) is 1.54. The predicted molar refractivity (Wildman–Crippen MR) is 356 cm³/mol. The Balaban J connectivity index is 0.000000106. The molecule has 97 heavy (non-hydrogen) atoms. The lowest BCUT2D eigenvalue weighted by Gasteiger charge is -2.47. The lowest BCUT2D eigenvalue weighted by atomic mass is 9.58. The van der Waals surface area contributed by atoms with E-state index in [0.717, 1.165) is 112 Å². The van der Waals surface area contributed by atoms with Crippen LogP contribution >= 0.6 is 0 Å². The number of rotatable bonds is 12. The zero-order chi connectivity index (χ0) is 69.0. The average molecular weight is 1350 g/mol. The number of fused-ring (bicyclic) bond motifs is 33. The van der Waals surface area contributed by atoms with Crippen LogP contribution in [0.2, 0.25) is 0 Å². The van der Waals surface area contributed by atoms with Crippen LogP contribution in [0.25, 0.3) is 0 Å². The summed E-state index contributed by atoms with van der Waals surface area (Å²) in [4.78, 5) is 97.9. The van der Waals surface area contributed by atoms with E-state index >= 15 is 0 Å². The smallest absolute Gasteiger partial charge is 0.312 e. The molecule has 30 atom stereocenters. The first-order valence-electron chi connectivity index (χ1n) is 39.3. The van der Waals surface area contributed by atoms with Gasteiger partial charge < -0.3 is 37.9 Å². The van der Waals surface area contributed by atoms with Gasteiger partial charge in [0.2, 0.25) is 0 Å². The second kappa shape index (κ2) is 23.7. The van der Waals surface area contributed by atoms with Crippen LogP contribution in [0.1, 0.15) is 232 Å². The molecule has 0 aromatic heterocycles. The van der Waals surface area contributed by atoms with Gasteiger partial charge in [-0.1, -0.05) is 41.5 Å². The highest BCUT2D eigenvalue weighted by molar-refractivity contribution is 5.81. The fraction of sp³-hybridized carbons (Fsp3) is 0.901. The van der Waals surface area contributed by atoms with Crippen molar-refractivity contribution in [2.45, 2.75) is 256 Å². The molecule has 16 nitrogen and oxygen atoms in total. The van der Waals surface area contributed by atoms with E-state index in [9.17, 15) is 38.4 Å². The van der Waals surface area contributed by atoms with Crippen molar-refractivity contribution in [3.63, 3.8) is 0 Å². The van der Waals surface area contributed by atoms with Crippen molar-refractivity contribution in [3.05, 3.63) is 0 Å². The summed E-state index contributed by atoms with van der Waals surface area (Å²) in [7, 11) is 0. The fourth-order valence-corrected chi connectivity index (χ4v) is 27.0. The van der Waals surface area contributed by atoms with Crippen molar-refractivity contribution < 1.29 is 76.3 Å². The van der Waals surface area contributed by atoms with Gasteiger partial charge in [-0.15, -0.1) is 0 Å². The molecule has 4 heterocycles. The van der Waals surface area contributed by atoms with E-state index < -0.39 is 10.8 Å². The van der Waals surface area contributed by atoms with Crippen LogP contribution in [-0.2, 0) is 76.3 Å². The quantitative estimate of drug-likeness (QED) is 0.101. The molecule has 18 aliphatic rings. The van der Waals surface area contributed by atoms with Gasteiger partial charge in [0, 0.05) is 22.2 Å². The van der Waals surface area contributed by atoms with Crippen molar-refractivity contribution >= 4 is 47.8 Å². The molecule has 14 aliphatic carbocycles. The Bertz CT molecular complexity index is 3200. The summed E-state index contributed by atoms with van der Waals surface area (Å²) in [6, 6.07) is 0. The molecule has 4 aliphatic heterocycles. The predicted octanol–water partition coefficient (Wildman–Crippen LogP) is 13.9. The normalized spacial score (nSPS) is 48.4. The summed E-state index contributed by atoms with van der Waals surface area (Å²) in [6.45, 7) is 30.9. The van der Waals surface area contributed by atoms with Crippen molar-refractivity contribution in [3.8, 4) is 0 Å². The molecule has 14 bridgehead atoms. The molecular weight excluding hydrogens is 1230 g/mol. The molecule has 18 fully saturated rings. The Kier molecular flexibility index (Phi) is 16.7. The monoisotopic (exact) mass is 1350 g/mol. The highest BCUT2D eigenvalue weighted by atomic mass is 16.6. The number of ether oxygens (including phenoxy) is 8. The molecule has 538 valence electrons. The Morgan fingerprint density at radius 3 is 1.21 bits per heavy atom. The molecule has 4 saturated heterocycles. The van der Waals surface area contributed by atoms with E-state index in [1.807, 2.05) is 62.3 Å². The van der Waals surface area contributed by atoms with Crippen molar-refractivity contribution in [1.29, 1.82) is 0 Å². The maximum absolute atomic E-state index is 12.7. The van der Waals surface area contributed by atoms with Crippen LogP contribution in [0.4, 0.5) is 0 Å². The third-order valence-corrected chi connectivity index (χ3v) is 33.3. The van der Waals surface area contributed by atoms with Gasteiger partial charge in [-0.3, -0.25) is 38.4 Å². The SMILES string of the molecule is CCC(C)(C)C(=O)OC1C(C)C2CC1C1(CCOC1=O)C2.CCC(C)(C)C(=O)OC1C(C)C2CC1C1C2C2CC1C1(COC(=O)C1)C2.CCC(C)(C)C(=O)OC1CC2CC1C1C2C2CC1C1(COC(=O)C1)C2.CCC(C)(C)C(=O)OC1CC2CC1C1C3CC(C21)C1(COC(=O)C1)C3. The summed E-state index contributed by atoms with van der Waals surface area (Å²) in [5.74, 6) is 13.5. The zero-order valence-corrected chi connectivity index (χ0v) is 61.2. The second-order valence-corrected chi connectivity index (χ2v) is 39.0. The Hall–Kier alpha value is -4.24. The minimum atomic E-state index is -0.453. The Morgan fingerprint density at radius 2 is 0.784 bits per heavy atom. The molecule has 16 heteroatoms. The van der Waals surface area contributed by atoms with Gasteiger partial charge in [-0.05, 0) is 295 Å². The number of carbonyl (C=O) groups is 8. The Morgan fingerprint density at radius 1 is 0.392 bits per heavy atom. The van der Waals surface area contributed by atoms with Crippen LogP contribution < -0.4 is 0 Å². The largest absolute Gasteiger partial charge is 0.465 e. The first kappa shape index (κ1) is 68.5. The van der Waals surface area contributed by atoms with Crippen LogP contribution in [0.3, 0.4) is 0 Å². The molecule has 0 amide bonds. The molecule has 14 saturated carbocycles. The van der Waals surface area contributed by atoms with Gasteiger partial charge in [0.15, 0.2) is 0 Å². The molecule has 0 aromatic carbocycles. The van der Waals surface area contributed by atoms with Crippen LogP contribution in [0, 0.1) is 174 Å². The molecular formula is C81H118O16. The van der Waals surface area contributed by atoms with Crippen LogP contribution in [-0.4, -0.2) is 98.6 Å². The second-order valence-electron chi connectivity index (χ2n) is 39.0. The van der Waals surface area contributed by atoms with Crippen LogP contribution in [0.5, 0.6) is 0 Å². The molecule has 4 spiro atoms. The summed E-state index contributed by atoms with van der Waals surface area (Å²) in [5.41, 5.74) is -1.60. The lowest BCUT2D eigenvalue weighted by molar-refractivity contribution is -0.173. The third kappa shape index (κ3) is 10.5. The number of cyclic esters (lactones) is 4. The van der Waals surface area contributed by atoms with Gasteiger partial charge in [0.25, 0.3) is 0 Å². The zero-order valence-electron chi connectivity index (χ0n) is 61.2. The lowest BCUT2D eigenvalue weighted by Crippen LogP contribution is -2.48. The molecule has 0 aromatic rings. The van der Waals surface area contributed by atoms with E-state index in [0.29, 0.717) is 123 Å². The third-order valence-electron chi connectivity index (χ3n) is 33.3. The van der Waals surface area contributed by atoms with Gasteiger partial charge in [-0.2, -0.15) is 0 Å². The minimum absolute atomic E-state index is 0.0000652. The summed E-state index contributed by atoms with van der Waals surface area (Å²) < 4.78 is 45.6.